The molecule has 0 saturated carbocycles. The van der Waals surface area contributed by atoms with Gasteiger partial charge in [0.15, 0.2) is 10.8 Å². The first-order valence-electron chi connectivity index (χ1n) is 5.90. The number of aryl methyl sites for hydroxylation is 1. The van der Waals surface area contributed by atoms with Crippen LogP contribution in [-0.4, -0.2) is 65.4 Å². The molecule has 1 aromatic rings. The molecule has 1 fully saturated rings. The maximum Gasteiger partial charge on any atom is 0.355 e. The molecule has 0 aliphatic carbocycles. The fourth-order valence-electron chi connectivity index (χ4n) is 2.02. The van der Waals surface area contributed by atoms with Crippen LogP contribution in [0.3, 0.4) is 0 Å². The van der Waals surface area contributed by atoms with Crippen LogP contribution in [0, 0.1) is 6.92 Å². The van der Waals surface area contributed by atoms with Crippen LogP contribution in [0.2, 0.25) is 0 Å². The first-order chi connectivity index (χ1) is 8.61. The molecule has 100 valence electrons. The molecule has 2 rings (SSSR count). The van der Waals surface area contributed by atoms with Crippen LogP contribution < -0.4 is 4.90 Å². The number of β-amino-alcohol motifs (C(OH)–C–C–N with tert-alkyl or cyclic N) is 1. The fraction of sp³-hybridized carbons (Fsp3) is 0.636. The van der Waals surface area contributed by atoms with Gasteiger partial charge in [-0.05, 0) is 6.92 Å². The summed E-state index contributed by atoms with van der Waals surface area (Å²) in [6.07, 6.45) is 0. The van der Waals surface area contributed by atoms with Crippen molar-refractivity contribution in [2.45, 2.75) is 6.92 Å². The number of aliphatic hydroxyl groups excluding tert-OH is 1. The predicted octanol–water partition coefficient (Wildman–Crippen LogP) is 0.264. The van der Waals surface area contributed by atoms with Gasteiger partial charge in [0, 0.05) is 37.6 Å². The number of carboxylic acid groups (broad SMARTS) is 1. The Morgan fingerprint density at radius 2 is 2.06 bits per heavy atom. The maximum absolute atomic E-state index is 10.9. The van der Waals surface area contributed by atoms with Crippen molar-refractivity contribution in [2.75, 3.05) is 44.2 Å². The Kier molecular flexibility index (Phi) is 4.15. The largest absolute Gasteiger partial charge is 0.476 e. The van der Waals surface area contributed by atoms with E-state index in [4.69, 9.17) is 10.2 Å². The van der Waals surface area contributed by atoms with E-state index in [1.165, 1.54) is 11.3 Å². The molecule has 0 unspecified atom stereocenters. The Balaban J connectivity index is 2.01. The highest BCUT2D eigenvalue weighted by Gasteiger charge is 2.22. The van der Waals surface area contributed by atoms with Crippen molar-refractivity contribution in [3.05, 3.63) is 10.6 Å². The van der Waals surface area contributed by atoms with Crippen LogP contribution in [0.4, 0.5) is 5.13 Å². The number of anilines is 1. The quantitative estimate of drug-likeness (QED) is 0.818. The third kappa shape index (κ3) is 2.80. The van der Waals surface area contributed by atoms with Gasteiger partial charge in [0.1, 0.15) is 0 Å². The van der Waals surface area contributed by atoms with E-state index in [2.05, 4.69) is 14.8 Å². The lowest BCUT2D eigenvalue weighted by molar-refractivity contribution is 0.0690. The monoisotopic (exact) mass is 271 g/mol. The fourth-order valence-corrected chi connectivity index (χ4v) is 2.97. The van der Waals surface area contributed by atoms with Gasteiger partial charge in [-0.3, -0.25) is 4.90 Å². The maximum atomic E-state index is 10.9. The minimum Gasteiger partial charge on any atom is -0.476 e. The number of aliphatic hydroxyl groups is 1. The van der Waals surface area contributed by atoms with Gasteiger partial charge >= 0.3 is 5.97 Å². The number of rotatable bonds is 4. The zero-order valence-corrected chi connectivity index (χ0v) is 11.1. The standard InChI is InChI=1S/C11H17N3O3S/c1-8-9(10(16)17)12-11(18-8)14-4-2-13(3-5-14)6-7-15/h15H,2-7H2,1H3,(H,16,17). The number of hydrogen-bond donors (Lipinski definition) is 2. The highest BCUT2D eigenvalue weighted by Crippen LogP contribution is 2.26. The van der Waals surface area contributed by atoms with E-state index in [1.807, 2.05) is 0 Å². The molecule has 2 heterocycles. The van der Waals surface area contributed by atoms with Gasteiger partial charge in [-0.1, -0.05) is 0 Å². The van der Waals surface area contributed by atoms with Crippen molar-refractivity contribution < 1.29 is 15.0 Å². The number of carbonyl (C=O) groups is 1. The smallest absolute Gasteiger partial charge is 0.355 e. The van der Waals surface area contributed by atoms with E-state index in [0.29, 0.717) is 6.54 Å². The van der Waals surface area contributed by atoms with Crippen molar-refractivity contribution in [3.63, 3.8) is 0 Å². The topological polar surface area (TPSA) is 76.9 Å². The summed E-state index contributed by atoms with van der Waals surface area (Å²) < 4.78 is 0. The number of thiazole rings is 1. The second kappa shape index (κ2) is 5.64. The first kappa shape index (κ1) is 13.3. The number of nitrogens with zero attached hydrogens (tertiary/aromatic N) is 3. The summed E-state index contributed by atoms with van der Waals surface area (Å²) in [7, 11) is 0. The molecule has 18 heavy (non-hydrogen) atoms. The van der Waals surface area contributed by atoms with Crippen molar-refractivity contribution in [2.24, 2.45) is 0 Å². The van der Waals surface area contributed by atoms with E-state index in [1.54, 1.807) is 6.92 Å². The molecule has 6 nitrogen and oxygen atoms in total. The molecule has 2 N–H and O–H groups in total. The summed E-state index contributed by atoms with van der Waals surface area (Å²) in [6, 6.07) is 0. The van der Waals surface area contributed by atoms with Gasteiger partial charge in [0.25, 0.3) is 0 Å². The first-order valence-corrected chi connectivity index (χ1v) is 6.72. The van der Waals surface area contributed by atoms with E-state index < -0.39 is 5.97 Å². The van der Waals surface area contributed by atoms with Gasteiger partial charge in [-0.25, -0.2) is 9.78 Å². The number of aromatic nitrogens is 1. The summed E-state index contributed by atoms with van der Waals surface area (Å²) in [4.78, 5) is 20.2. The van der Waals surface area contributed by atoms with Gasteiger partial charge < -0.3 is 15.1 Å². The molecule has 1 saturated heterocycles. The Morgan fingerprint density at radius 1 is 1.39 bits per heavy atom. The Morgan fingerprint density at radius 3 is 2.56 bits per heavy atom. The van der Waals surface area contributed by atoms with Gasteiger partial charge in [-0.2, -0.15) is 0 Å². The molecular weight excluding hydrogens is 254 g/mol. The minimum absolute atomic E-state index is 0.160. The van der Waals surface area contributed by atoms with Gasteiger partial charge in [-0.15, -0.1) is 11.3 Å². The Hall–Kier alpha value is -1.18. The summed E-state index contributed by atoms with van der Waals surface area (Å²) in [5.74, 6) is -0.964. The van der Waals surface area contributed by atoms with Crippen molar-refractivity contribution >= 4 is 22.4 Å². The minimum atomic E-state index is -0.964. The Labute approximate surface area is 109 Å². The SMILES string of the molecule is Cc1sc(N2CCN(CCO)CC2)nc1C(=O)O. The number of aromatic carboxylic acids is 1. The molecule has 0 spiro atoms. The lowest BCUT2D eigenvalue weighted by atomic mass is 10.3. The molecule has 0 bridgehead atoms. The number of piperazine rings is 1. The van der Waals surface area contributed by atoms with Gasteiger partial charge in [0.05, 0.1) is 6.61 Å². The zero-order chi connectivity index (χ0) is 13.1. The van der Waals surface area contributed by atoms with E-state index in [9.17, 15) is 4.79 Å². The third-order valence-electron chi connectivity index (χ3n) is 3.05. The predicted molar refractivity (Wildman–Crippen MR) is 69.5 cm³/mol. The highest BCUT2D eigenvalue weighted by atomic mass is 32.1. The second-order valence-corrected chi connectivity index (χ2v) is 5.44. The van der Waals surface area contributed by atoms with Crippen LogP contribution in [0.25, 0.3) is 0 Å². The van der Waals surface area contributed by atoms with Crippen molar-refractivity contribution in [1.29, 1.82) is 0 Å². The molecule has 1 aliphatic rings. The average Bonchev–Trinajstić information content (AvgIpc) is 2.73. The molecule has 0 radical (unpaired) electrons. The molecule has 0 atom stereocenters. The van der Waals surface area contributed by atoms with Crippen LogP contribution >= 0.6 is 11.3 Å². The van der Waals surface area contributed by atoms with E-state index in [-0.39, 0.29) is 12.3 Å². The summed E-state index contributed by atoms with van der Waals surface area (Å²) in [5, 5.41) is 18.6. The lowest BCUT2D eigenvalue weighted by Crippen LogP contribution is -2.47. The van der Waals surface area contributed by atoms with Crippen molar-refractivity contribution in [1.82, 2.24) is 9.88 Å². The van der Waals surface area contributed by atoms with Crippen LogP contribution in [0.5, 0.6) is 0 Å². The third-order valence-corrected chi connectivity index (χ3v) is 4.08. The van der Waals surface area contributed by atoms with E-state index >= 15 is 0 Å². The zero-order valence-electron chi connectivity index (χ0n) is 10.3. The van der Waals surface area contributed by atoms with Gasteiger partial charge in [0.2, 0.25) is 0 Å². The second-order valence-electron chi connectivity index (χ2n) is 4.26. The number of carboxylic acids is 1. The molecule has 1 aliphatic heterocycles. The average molecular weight is 271 g/mol. The molecule has 0 aromatic carbocycles. The van der Waals surface area contributed by atoms with Crippen LogP contribution in [-0.2, 0) is 0 Å². The molecule has 7 heteroatoms. The van der Waals surface area contributed by atoms with Crippen LogP contribution in [0.1, 0.15) is 15.4 Å². The van der Waals surface area contributed by atoms with E-state index in [0.717, 1.165) is 36.2 Å². The van der Waals surface area contributed by atoms with Crippen molar-refractivity contribution in [3.8, 4) is 0 Å². The Bertz CT molecular complexity index is 427. The summed E-state index contributed by atoms with van der Waals surface area (Å²) in [6.45, 7) is 6.07. The van der Waals surface area contributed by atoms with Crippen LogP contribution in [0.15, 0.2) is 0 Å². The summed E-state index contributed by atoms with van der Waals surface area (Å²) >= 11 is 1.43. The molecule has 1 aromatic heterocycles. The lowest BCUT2D eigenvalue weighted by Gasteiger charge is -2.34. The number of hydrogen-bond acceptors (Lipinski definition) is 6. The molecule has 0 amide bonds. The normalized spacial score (nSPS) is 17.1. The highest BCUT2D eigenvalue weighted by molar-refractivity contribution is 7.15. The summed E-state index contributed by atoms with van der Waals surface area (Å²) in [5.41, 5.74) is 0.160. The molecular formula is C11H17N3O3S.